The molecule has 2 N–H and O–H groups in total. The summed E-state index contributed by atoms with van der Waals surface area (Å²) in [6.07, 6.45) is -5.41. The Labute approximate surface area is 111 Å². The quantitative estimate of drug-likeness (QED) is 0.591. The van der Waals surface area contributed by atoms with Gasteiger partial charge < -0.3 is 5.11 Å². The van der Waals surface area contributed by atoms with Crippen molar-refractivity contribution >= 4 is 15.7 Å². The van der Waals surface area contributed by atoms with Gasteiger partial charge in [0.15, 0.2) is 0 Å². The van der Waals surface area contributed by atoms with Gasteiger partial charge in [0.1, 0.15) is 16.8 Å². The van der Waals surface area contributed by atoms with Crippen LogP contribution in [0.5, 0.6) is 0 Å². The van der Waals surface area contributed by atoms with Crippen molar-refractivity contribution in [1.82, 2.24) is 4.72 Å². The molecule has 0 spiro atoms. The fourth-order valence-electron chi connectivity index (χ4n) is 1.18. The van der Waals surface area contributed by atoms with E-state index in [9.17, 15) is 31.7 Å². The molecule has 1 atom stereocenters. The van der Waals surface area contributed by atoms with Crippen molar-refractivity contribution in [2.24, 2.45) is 0 Å². The second-order valence-corrected chi connectivity index (χ2v) is 5.36. The lowest BCUT2D eigenvalue weighted by molar-refractivity contribution is -0.385. The number of non-ortho nitro benzene ring substituents is 1. The first kappa shape index (κ1) is 16.3. The van der Waals surface area contributed by atoms with Gasteiger partial charge in [-0.05, 0) is 6.07 Å². The maximum absolute atomic E-state index is 13.5. The summed E-state index contributed by atoms with van der Waals surface area (Å²) in [4.78, 5) is 8.50. The highest BCUT2D eigenvalue weighted by molar-refractivity contribution is 7.89. The zero-order chi connectivity index (χ0) is 15.5. The molecule has 0 aliphatic carbocycles. The normalized spacial score (nSPS) is 13.4. The van der Waals surface area contributed by atoms with E-state index in [1.807, 2.05) is 0 Å². The monoisotopic (exact) mass is 314 g/mol. The molecule has 0 saturated carbocycles. The van der Waals surface area contributed by atoms with E-state index < -0.39 is 50.4 Å². The summed E-state index contributed by atoms with van der Waals surface area (Å²) in [5.74, 6) is -1.40. The number of aliphatic hydroxyl groups is 1. The molecule has 7 nitrogen and oxygen atoms in total. The molecule has 0 aliphatic rings. The molecule has 1 rings (SSSR count). The molecule has 0 amide bonds. The molecule has 0 aliphatic heterocycles. The van der Waals surface area contributed by atoms with Gasteiger partial charge in [-0.15, -0.1) is 0 Å². The lowest BCUT2D eigenvalue weighted by atomic mass is 10.3. The molecule has 0 radical (unpaired) electrons. The summed E-state index contributed by atoms with van der Waals surface area (Å²) >= 11 is 0. The van der Waals surface area contributed by atoms with E-state index in [0.29, 0.717) is 12.1 Å². The van der Waals surface area contributed by atoms with Crippen molar-refractivity contribution in [3.63, 3.8) is 0 Å². The molecule has 0 heterocycles. The average molecular weight is 314 g/mol. The van der Waals surface area contributed by atoms with Crippen molar-refractivity contribution in [2.75, 3.05) is 6.54 Å². The summed E-state index contributed by atoms with van der Waals surface area (Å²) in [5, 5.41) is 19.1. The van der Waals surface area contributed by atoms with Crippen LogP contribution < -0.4 is 4.72 Å². The fourth-order valence-corrected chi connectivity index (χ4v) is 2.29. The Kier molecular flexibility index (Phi) is 5.03. The van der Waals surface area contributed by atoms with Crippen LogP contribution in [0.3, 0.4) is 0 Å². The minimum atomic E-state index is -4.50. The van der Waals surface area contributed by atoms with E-state index >= 15 is 0 Å². The zero-order valence-corrected chi connectivity index (χ0v) is 10.5. The summed E-state index contributed by atoms with van der Waals surface area (Å²) in [6, 6.07) is 1.77. The Balaban J connectivity index is 2.96. The Morgan fingerprint density at radius 2 is 2.00 bits per heavy atom. The molecule has 1 aromatic rings. The van der Waals surface area contributed by atoms with Crippen LogP contribution in [0.2, 0.25) is 0 Å². The maximum Gasteiger partial charge on any atom is 0.272 e. The number of nitro groups is 1. The molecule has 0 bridgehead atoms. The Bertz CT molecular complexity index is 608. The SMILES string of the molecule is O=[N+]([O-])c1ccc(S(=O)(=O)NCC(O)C(F)F)c(F)c1. The van der Waals surface area contributed by atoms with Gasteiger partial charge in [-0.25, -0.2) is 26.3 Å². The summed E-state index contributed by atoms with van der Waals surface area (Å²) < 4.78 is 62.2. The minimum absolute atomic E-state index is 0.387. The average Bonchev–Trinajstić information content (AvgIpc) is 2.35. The predicted molar refractivity (Wildman–Crippen MR) is 60.3 cm³/mol. The highest BCUT2D eigenvalue weighted by Gasteiger charge is 2.24. The maximum atomic E-state index is 13.5. The van der Waals surface area contributed by atoms with Crippen LogP contribution >= 0.6 is 0 Å². The van der Waals surface area contributed by atoms with Crippen molar-refractivity contribution in [3.05, 3.63) is 34.1 Å². The fraction of sp³-hybridized carbons (Fsp3) is 0.333. The third kappa shape index (κ3) is 3.88. The predicted octanol–water partition coefficient (Wildman–Crippen LogP) is 0.638. The van der Waals surface area contributed by atoms with Gasteiger partial charge in [-0.1, -0.05) is 0 Å². The molecule has 112 valence electrons. The number of aliphatic hydroxyl groups excluding tert-OH is 1. The number of benzene rings is 1. The molecule has 0 aromatic heterocycles. The first-order chi connectivity index (χ1) is 9.15. The number of sulfonamides is 1. The molecule has 0 saturated heterocycles. The van der Waals surface area contributed by atoms with Crippen LogP contribution in [0.1, 0.15) is 0 Å². The van der Waals surface area contributed by atoms with E-state index in [4.69, 9.17) is 5.11 Å². The number of nitrogens with zero attached hydrogens (tertiary/aromatic N) is 1. The van der Waals surface area contributed by atoms with Gasteiger partial charge in [0.05, 0.1) is 11.0 Å². The van der Waals surface area contributed by atoms with Crippen molar-refractivity contribution in [2.45, 2.75) is 17.4 Å². The molecule has 20 heavy (non-hydrogen) atoms. The molecule has 1 unspecified atom stereocenters. The van der Waals surface area contributed by atoms with E-state index in [0.717, 1.165) is 6.07 Å². The first-order valence-electron chi connectivity index (χ1n) is 5.05. The van der Waals surface area contributed by atoms with Crippen LogP contribution in [-0.4, -0.2) is 37.5 Å². The number of nitro benzene ring substituents is 1. The van der Waals surface area contributed by atoms with Crippen molar-refractivity contribution in [1.29, 1.82) is 0 Å². The first-order valence-corrected chi connectivity index (χ1v) is 6.53. The van der Waals surface area contributed by atoms with Gasteiger partial charge in [-0.2, -0.15) is 0 Å². The number of rotatable bonds is 6. The Hall–Kier alpha value is -1.72. The molecular weight excluding hydrogens is 305 g/mol. The molecule has 11 heteroatoms. The van der Waals surface area contributed by atoms with Gasteiger partial charge in [-0.3, -0.25) is 10.1 Å². The van der Waals surface area contributed by atoms with Gasteiger partial charge >= 0.3 is 0 Å². The standard InChI is InChI=1S/C9H9F3N2O5S/c10-6-3-5(14(16)17)1-2-8(6)20(18,19)13-4-7(15)9(11)12/h1-3,7,9,13,15H,4H2. The lowest BCUT2D eigenvalue weighted by Gasteiger charge is -2.11. The van der Waals surface area contributed by atoms with Crippen molar-refractivity contribution < 1.29 is 31.6 Å². The number of alkyl halides is 2. The summed E-state index contributed by atoms with van der Waals surface area (Å²) in [6.45, 7) is -1.02. The third-order valence-corrected chi connectivity index (χ3v) is 3.65. The van der Waals surface area contributed by atoms with Crippen LogP contribution in [0, 0.1) is 15.9 Å². The topological polar surface area (TPSA) is 110 Å². The van der Waals surface area contributed by atoms with Gasteiger partial charge in [0, 0.05) is 12.6 Å². The van der Waals surface area contributed by atoms with Crippen molar-refractivity contribution in [3.8, 4) is 0 Å². The zero-order valence-electron chi connectivity index (χ0n) is 9.66. The number of hydrogen-bond acceptors (Lipinski definition) is 5. The Morgan fingerprint density at radius 3 is 2.45 bits per heavy atom. The van der Waals surface area contributed by atoms with Crippen LogP contribution in [-0.2, 0) is 10.0 Å². The number of halogens is 3. The second kappa shape index (κ2) is 6.15. The largest absolute Gasteiger partial charge is 0.386 e. The Morgan fingerprint density at radius 1 is 1.40 bits per heavy atom. The van der Waals surface area contributed by atoms with Gasteiger partial charge in [0.2, 0.25) is 10.0 Å². The number of hydrogen-bond donors (Lipinski definition) is 2. The van der Waals surface area contributed by atoms with Crippen LogP contribution in [0.25, 0.3) is 0 Å². The number of nitrogens with one attached hydrogen (secondary N) is 1. The van der Waals surface area contributed by atoms with E-state index in [1.54, 1.807) is 4.72 Å². The summed E-state index contributed by atoms with van der Waals surface area (Å²) in [5.41, 5.74) is -0.658. The summed E-state index contributed by atoms with van der Waals surface area (Å²) in [7, 11) is -4.50. The smallest absolute Gasteiger partial charge is 0.272 e. The highest BCUT2D eigenvalue weighted by Crippen LogP contribution is 2.20. The molecule has 1 aromatic carbocycles. The highest BCUT2D eigenvalue weighted by atomic mass is 32.2. The van der Waals surface area contributed by atoms with E-state index in [-0.39, 0.29) is 0 Å². The van der Waals surface area contributed by atoms with Crippen LogP contribution in [0.4, 0.5) is 18.9 Å². The van der Waals surface area contributed by atoms with E-state index in [2.05, 4.69) is 0 Å². The second-order valence-electron chi connectivity index (χ2n) is 3.63. The minimum Gasteiger partial charge on any atom is -0.386 e. The van der Waals surface area contributed by atoms with Crippen LogP contribution in [0.15, 0.2) is 23.1 Å². The lowest BCUT2D eigenvalue weighted by Crippen LogP contribution is -2.36. The van der Waals surface area contributed by atoms with E-state index in [1.165, 1.54) is 0 Å². The third-order valence-electron chi connectivity index (χ3n) is 2.19. The molecule has 0 fully saturated rings. The molecular formula is C9H9F3N2O5S. The van der Waals surface area contributed by atoms with Gasteiger partial charge in [0.25, 0.3) is 12.1 Å².